The van der Waals surface area contributed by atoms with Crippen LogP contribution in [0.5, 0.6) is 11.5 Å². The van der Waals surface area contributed by atoms with Crippen LogP contribution in [0.4, 0.5) is 11.4 Å². The van der Waals surface area contributed by atoms with Gasteiger partial charge in [-0.2, -0.15) is 0 Å². The predicted molar refractivity (Wildman–Crippen MR) is 110 cm³/mol. The molecular weight excluding hydrogens is 372 g/mol. The van der Waals surface area contributed by atoms with E-state index in [0.717, 1.165) is 11.3 Å². The third-order valence-electron chi connectivity index (χ3n) is 4.20. The highest BCUT2D eigenvalue weighted by atomic mass is 16.6. The summed E-state index contributed by atoms with van der Waals surface area (Å²) < 4.78 is 11.0. The minimum absolute atomic E-state index is 0.00543. The summed E-state index contributed by atoms with van der Waals surface area (Å²) in [6.45, 7) is 0.145. The van der Waals surface area contributed by atoms with Crippen LogP contribution in [-0.4, -0.2) is 25.0 Å². The highest BCUT2D eigenvalue weighted by molar-refractivity contribution is 5.89. The van der Waals surface area contributed by atoms with E-state index in [-0.39, 0.29) is 18.3 Å². The van der Waals surface area contributed by atoms with Crippen LogP contribution in [0.15, 0.2) is 72.8 Å². The van der Waals surface area contributed by atoms with Crippen molar-refractivity contribution in [3.63, 3.8) is 0 Å². The number of carbonyl (C=O) groups excluding carboxylic acids is 1. The molecule has 0 fully saturated rings. The van der Waals surface area contributed by atoms with Crippen molar-refractivity contribution in [2.75, 3.05) is 19.0 Å². The summed E-state index contributed by atoms with van der Waals surface area (Å²) in [6, 6.07) is 20.1. The molecule has 0 N–H and O–H groups in total. The molecule has 0 amide bonds. The quantitative estimate of drug-likeness (QED) is 0.326. The Bertz CT molecular complexity index is 981. The molecule has 0 aliphatic rings. The Hall–Kier alpha value is -3.87. The fourth-order valence-corrected chi connectivity index (χ4v) is 2.55. The number of rotatable bonds is 7. The fraction of sp³-hybridized carbons (Fsp3) is 0.136. The zero-order valence-corrected chi connectivity index (χ0v) is 16.1. The number of nitro benzene ring substituents is 1. The minimum Gasteiger partial charge on any atom is -0.457 e. The average Bonchev–Trinajstić information content (AvgIpc) is 2.73. The summed E-state index contributed by atoms with van der Waals surface area (Å²) in [6.07, 6.45) is 0. The van der Waals surface area contributed by atoms with E-state index in [2.05, 4.69) is 0 Å². The maximum atomic E-state index is 12.2. The van der Waals surface area contributed by atoms with E-state index in [1.54, 1.807) is 36.4 Å². The zero-order valence-electron chi connectivity index (χ0n) is 16.1. The molecule has 0 saturated heterocycles. The second-order valence-corrected chi connectivity index (χ2v) is 6.51. The van der Waals surface area contributed by atoms with Gasteiger partial charge in [-0.15, -0.1) is 0 Å². The van der Waals surface area contributed by atoms with Crippen molar-refractivity contribution in [3.05, 3.63) is 94.0 Å². The Morgan fingerprint density at radius 3 is 1.97 bits per heavy atom. The normalized spacial score (nSPS) is 10.3. The molecule has 0 bridgehead atoms. The van der Waals surface area contributed by atoms with Crippen molar-refractivity contribution in [1.82, 2.24) is 0 Å². The number of hydrogen-bond acceptors (Lipinski definition) is 6. The van der Waals surface area contributed by atoms with E-state index in [1.165, 1.54) is 24.3 Å². The first-order valence-electron chi connectivity index (χ1n) is 8.88. The van der Waals surface area contributed by atoms with E-state index < -0.39 is 4.92 Å². The lowest BCUT2D eigenvalue weighted by atomic mass is 10.2. The second-order valence-electron chi connectivity index (χ2n) is 6.51. The van der Waals surface area contributed by atoms with Gasteiger partial charge in [0, 0.05) is 31.9 Å². The lowest BCUT2D eigenvalue weighted by Crippen LogP contribution is -2.09. The van der Waals surface area contributed by atoms with Crippen LogP contribution in [0, 0.1) is 10.1 Å². The van der Waals surface area contributed by atoms with Gasteiger partial charge in [0.05, 0.1) is 10.5 Å². The molecule has 7 heteroatoms. The van der Waals surface area contributed by atoms with E-state index in [9.17, 15) is 14.9 Å². The van der Waals surface area contributed by atoms with Crippen molar-refractivity contribution in [2.24, 2.45) is 0 Å². The third kappa shape index (κ3) is 5.32. The summed E-state index contributed by atoms with van der Waals surface area (Å²) in [4.78, 5) is 24.3. The molecule has 0 aliphatic carbocycles. The molecule has 0 heterocycles. The highest BCUT2D eigenvalue weighted by Gasteiger charge is 2.09. The van der Waals surface area contributed by atoms with Crippen LogP contribution in [0.1, 0.15) is 15.9 Å². The van der Waals surface area contributed by atoms with Crippen molar-refractivity contribution in [1.29, 1.82) is 0 Å². The molecule has 0 saturated carbocycles. The molecule has 0 aromatic heterocycles. The first-order chi connectivity index (χ1) is 13.9. The predicted octanol–water partition coefficient (Wildman–Crippen LogP) is 4.81. The smallest absolute Gasteiger partial charge is 0.338 e. The van der Waals surface area contributed by atoms with Gasteiger partial charge in [-0.25, -0.2) is 4.79 Å². The Morgan fingerprint density at radius 1 is 0.897 bits per heavy atom. The molecule has 0 aliphatic heterocycles. The molecule has 3 aromatic carbocycles. The maximum absolute atomic E-state index is 12.2. The lowest BCUT2D eigenvalue weighted by molar-refractivity contribution is -0.384. The van der Waals surface area contributed by atoms with Gasteiger partial charge in [-0.1, -0.05) is 12.1 Å². The SMILES string of the molecule is CN(C)c1ccc(C(=O)OCc2ccc(Oc3ccc([N+](=O)[O-])cc3)cc2)cc1. The van der Waals surface area contributed by atoms with E-state index >= 15 is 0 Å². The first-order valence-corrected chi connectivity index (χ1v) is 8.88. The van der Waals surface area contributed by atoms with Gasteiger partial charge in [0.1, 0.15) is 18.1 Å². The highest BCUT2D eigenvalue weighted by Crippen LogP contribution is 2.24. The van der Waals surface area contributed by atoms with Crippen LogP contribution in [0.2, 0.25) is 0 Å². The van der Waals surface area contributed by atoms with Gasteiger partial charge in [-0.3, -0.25) is 10.1 Å². The molecule has 0 spiro atoms. The number of nitro groups is 1. The number of carbonyl (C=O) groups is 1. The van der Waals surface area contributed by atoms with E-state index in [1.807, 2.05) is 31.1 Å². The monoisotopic (exact) mass is 392 g/mol. The molecular formula is C22H20N2O5. The molecule has 29 heavy (non-hydrogen) atoms. The van der Waals surface area contributed by atoms with Crippen molar-refractivity contribution in [3.8, 4) is 11.5 Å². The summed E-state index contributed by atoms with van der Waals surface area (Å²) in [5.74, 6) is 0.686. The number of ether oxygens (including phenoxy) is 2. The van der Waals surface area contributed by atoms with Crippen molar-refractivity contribution < 1.29 is 19.2 Å². The second kappa shape index (κ2) is 8.88. The van der Waals surface area contributed by atoms with Crippen LogP contribution < -0.4 is 9.64 Å². The molecule has 3 rings (SSSR count). The fourth-order valence-electron chi connectivity index (χ4n) is 2.55. The first kappa shape index (κ1) is 19.9. The number of non-ortho nitro benzene ring substituents is 1. The molecule has 0 unspecified atom stereocenters. The topological polar surface area (TPSA) is 81.9 Å². The third-order valence-corrected chi connectivity index (χ3v) is 4.20. The summed E-state index contributed by atoms with van der Waals surface area (Å²) >= 11 is 0. The molecule has 148 valence electrons. The number of hydrogen-bond donors (Lipinski definition) is 0. The molecule has 7 nitrogen and oxygen atoms in total. The Balaban J connectivity index is 1.54. The Morgan fingerprint density at radius 2 is 1.45 bits per heavy atom. The van der Waals surface area contributed by atoms with Gasteiger partial charge < -0.3 is 14.4 Å². The van der Waals surface area contributed by atoms with E-state index in [4.69, 9.17) is 9.47 Å². The van der Waals surface area contributed by atoms with Crippen molar-refractivity contribution >= 4 is 17.3 Å². The van der Waals surface area contributed by atoms with Crippen molar-refractivity contribution in [2.45, 2.75) is 6.61 Å². The van der Waals surface area contributed by atoms with Gasteiger partial charge in [-0.05, 0) is 54.1 Å². The minimum atomic E-state index is -0.462. The van der Waals surface area contributed by atoms with Crippen LogP contribution >= 0.6 is 0 Å². The molecule has 3 aromatic rings. The van der Waals surface area contributed by atoms with Gasteiger partial charge >= 0.3 is 5.97 Å². The van der Waals surface area contributed by atoms with Gasteiger partial charge in [0.15, 0.2) is 0 Å². The van der Waals surface area contributed by atoms with Crippen LogP contribution in [0.3, 0.4) is 0 Å². The lowest BCUT2D eigenvalue weighted by Gasteiger charge is -2.12. The van der Waals surface area contributed by atoms with Gasteiger partial charge in [0.2, 0.25) is 0 Å². The number of nitrogens with zero attached hydrogens (tertiary/aromatic N) is 2. The summed E-state index contributed by atoms with van der Waals surface area (Å²) in [5, 5.41) is 10.7. The van der Waals surface area contributed by atoms with Crippen LogP contribution in [0.25, 0.3) is 0 Å². The Labute approximate surface area is 168 Å². The van der Waals surface area contributed by atoms with Gasteiger partial charge in [0.25, 0.3) is 5.69 Å². The number of benzene rings is 3. The standard InChI is InChI=1S/C22H20N2O5/c1-23(2)18-7-5-17(6-8-18)22(25)28-15-16-3-11-20(12-4-16)29-21-13-9-19(10-14-21)24(26)27/h3-14H,15H2,1-2H3. The molecule has 0 atom stereocenters. The van der Waals surface area contributed by atoms with E-state index in [0.29, 0.717) is 17.1 Å². The average molecular weight is 392 g/mol. The summed E-state index contributed by atoms with van der Waals surface area (Å²) in [5.41, 5.74) is 2.32. The zero-order chi connectivity index (χ0) is 20.8. The number of anilines is 1. The number of esters is 1. The largest absolute Gasteiger partial charge is 0.457 e. The Kier molecular flexibility index (Phi) is 6.09. The maximum Gasteiger partial charge on any atom is 0.338 e. The molecule has 0 radical (unpaired) electrons. The van der Waals surface area contributed by atoms with Crippen LogP contribution in [-0.2, 0) is 11.3 Å². The summed E-state index contributed by atoms with van der Waals surface area (Å²) in [7, 11) is 3.87.